The van der Waals surface area contributed by atoms with Crippen LogP contribution >= 0.6 is 7.82 Å². The fraction of sp³-hybridized carbons (Fsp3) is 0.714. The van der Waals surface area contributed by atoms with Gasteiger partial charge >= 0.3 is 19.8 Å². The van der Waals surface area contributed by atoms with Crippen molar-refractivity contribution in [1.82, 2.24) is 0 Å². The molecule has 14 heteroatoms. The standard InChI is InChI=1S/C49H83O13P/c1-3-5-7-9-11-13-15-17-19-20-21-22-24-25-27-29-31-33-35-37-42(50)59-39-41(40-60-63(57,58)62-49-47(55)45(53)44(52)46(54)48(49)56)61-43(51)38-36-34-32-30-28-26-23-18-16-14-12-10-8-6-4-2/h6,8,12,14,17-19,23,28,30,34,36,41,44-49,52-56H,3-5,7,9-11,13,15-16,20-22,24-27,29,31-33,35,37-40H2,1-2H3,(H,57,58)/b8-6-,14-12-,19-17-,23-18-,30-28-,36-34-. The Bertz CT molecular complexity index is 1380. The predicted molar refractivity (Wildman–Crippen MR) is 249 cm³/mol. The molecule has 6 N–H and O–H groups in total. The van der Waals surface area contributed by atoms with E-state index in [0.29, 0.717) is 12.8 Å². The van der Waals surface area contributed by atoms with E-state index in [4.69, 9.17) is 18.5 Å². The van der Waals surface area contributed by atoms with Crippen LogP contribution in [0, 0.1) is 0 Å². The molecular formula is C49H83O13P. The van der Waals surface area contributed by atoms with Gasteiger partial charge in [0.15, 0.2) is 6.10 Å². The molecule has 1 aliphatic carbocycles. The summed E-state index contributed by atoms with van der Waals surface area (Å²) in [4.78, 5) is 35.7. The molecule has 0 heterocycles. The SMILES string of the molecule is CC/C=C\C/C=C\C/C=C\C/C=C\C/C=C\CC(=O)OC(COC(=O)CCCCCCCCCCC/C=C\CCCCCCCC)COP(=O)(O)OC1C(O)C(O)C(O)C(O)C1O. The third-order valence-electron chi connectivity index (χ3n) is 10.6. The van der Waals surface area contributed by atoms with Crippen LogP contribution in [0.15, 0.2) is 72.9 Å². The molecule has 362 valence electrons. The lowest BCUT2D eigenvalue weighted by Gasteiger charge is -2.41. The summed E-state index contributed by atoms with van der Waals surface area (Å²) >= 11 is 0. The van der Waals surface area contributed by atoms with Gasteiger partial charge in [-0.05, 0) is 64.2 Å². The summed E-state index contributed by atoms with van der Waals surface area (Å²) in [5, 5.41) is 50.1. The van der Waals surface area contributed by atoms with E-state index in [2.05, 4.69) is 62.5 Å². The van der Waals surface area contributed by atoms with Gasteiger partial charge in [0.2, 0.25) is 0 Å². The molecule has 6 atom stereocenters. The van der Waals surface area contributed by atoms with Crippen molar-refractivity contribution >= 4 is 19.8 Å². The average Bonchev–Trinajstić information content (AvgIpc) is 3.26. The van der Waals surface area contributed by atoms with Crippen LogP contribution in [0.4, 0.5) is 0 Å². The number of phosphoric ester groups is 1. The first-order valence-corrected chi connectivity index (χ1v) is 25.2. The molecule has 0 bridgehead atoms. The summed E-state index contributed by atoms with van der Waals surface area (Å²) in [6.45, 7) is 3.09. The fourth-order valence-electron chi connectivity index (χ4n) is 6.77. The first-order valence-electron chi connectivity index (χ1n) is 23.7. The van der Waals surface area contributed by atoms with Crippen LogP contribution in [0.2, 0.25) is 0 Å². The Morgan fingerprint density at radius 2 is 0.952 bits per heavy atom. The van der Waals surface area contributed by atoms with Crippen molar-refractivity contribution in [2.24, 2.45) is 0 Å². The molecule has 0 aliphatic heterocycles. The Morgan fingerprint density at radius 3 is 1.44 bits per heavy atom. The van der Waals surface area contributed by atoms with Crippen LogP contribution in [0.5, 0.6) is 0 Å². The van der Waals surface area contributed by atoms with Crippen molar-refractivity contribution < 1.29 is 63.1 Å². The Hall–Kier alpha value is -2.71. The van der Waals surface area contributed by atoms with Crippen molar-refractivity contribution in [2.75, 3.05) is 13.2 Å². The molecule has 1 aliphatic rings. The van der Waals surface area contributed by atoms with Crippen molar-refractivity contribution in [1.29, 1.82) is 0 Å². The van der Waals surface area contributed by atoms with Crippen LogP contribution in [-0.4, -0.2) is 98.3 Å². The van der Waals surface area contributed by atoms with E-state index in [1.807, 2.05) is 12.2 Å². The summed E-state index contributed by atoms with van der Waals surface area (Å²) in [6.07, 6.45) is 35.6. The molecule has 1 saturated carbocycles. The van der Waals surface area contributed by atoms with Crippen LogP contribution in [-0.2, 0) is 32.7 Å². The van der Waals surface area contributed by atoms with Gasteiger partial charge < -0.3 is 39.9 Å². The van der Waals surface area contributed by atoms with Crippen LogP contribution in [0.3, 0.4) is 0 Å². The minimum absolute atomic E-state index is 0.138. The molecule has 0 amide bonds. The molecule has 0 spiro atoms. The lowest BCUT2D eigenvalue weighted by atomic mass is 9.85. The van der Waals surface area contributed by atoms with E-state index >= 15 is 0 Å². The number of aliphatic hydroxyl groups is 5. The Morgan fingerprint density at radius 1 is 0.524 bits per heavy atom. The first-order chi connectivity index (χ1) is 30.4. The maximum atomic E-state index is 12.8. The molecule has 1 fully saturated rings. The van der Waals surface area contributed by atoms with E-state index in [1.165, 1.54) is 70.6 Å². The van der Waals surface area contributed by atoms with Crippen molar-refractivity contribution in [2.45, 2.75) is 211 Å². The summed E-state index contributed by atoms with van der Waals surface area (Å²) in [5.41, 5.74) is 0. The van der Waals surface area contributed by atoms with E-state index in [1.54, 1.807) is 12.2 Å². The maximum absolute atomic E-state index is 12.8. The minimum Gasteiger partial charge on any atom is -0.462 e. The van der Waals surface area contributed by atoms with E-state index < -0.39 is 75.7 Å². The van der Waals surface area contributed by atoms with Gasteiger partial charge in [0.1, 0.15) is 43.2 Å². The number of ether oxygens (including phenoxy) is 2. The van der Waals surface area contributed by atoms with Gasteiger partial charge in [-0.15, -0.1) is 0 Å². The van der Waals surface area contributed by atoms with Crippen molar-refractivity contribution in [3.8, 4) is 0 Å². The maximum Gasteiger partial charge on any atom is 0.472 e. The summed E-state index contributed by atoms with van der Waals surface area (Å²) in [7, 11) is -5.15. The van der Waals surface area contributed by atoms with Crippen LogP contribution in [0.25, 0.3) is 0 Å². The number of esters is 2. The highest BCUT2D eigenvalue weighted by molar-refractivity contribution is 7.47. The monoisotopic (exact) mass is 911 g/mol. The summed E-state index contributed by atoms with van der Waals surface area (Å²) in [6, 6.07) is 0. The molecule has 63 heavy (non-hydrogen) atoms. The van der Waals surface area contributed by atoms with Crippen molar-refractivity contribution in [3.63, 3.8) is 0 Å². The number of allylic oxidation sites excluding steroid dienone is 11. The summed E-state index contributed by atoms with van der Waals surface area (Å²) in [5.74, 6) is -1.25. The van der Waals surface area contributed by atoms with Crippen molar-refractivity contribution in [3.05, 3.63) is 72.9 Å². The highest BCUT2D eigenvalue weighted by Crippen LogP contribution is 2.47. The zero-order valence-corrected chi connectivity index (χ0v) is 39.2. The molecule has 0 aromatic heterocycles. The number of hydrogen-bond donors (Lipinski definition) is 6. The molecular weight excluding hydrogens is 828 g/mol. The van der Waals surface area contributed by atoms with Gasteiger partial charge in [-0.2, -0.15) is 0 Å². The highest BCUT2D eigenvalue weighted by atomic mass is 31.2. The second-order valence-electron chi connectivity index (χ2n) is 16.2. The van der Waals surface area contributed by atoms with Gasteiger partial charge in [0.25, 0.3) is 0 Å². The summed E-state index contributed by atoms with van der Waals surface area (Å²) < 4.78 is 33.4. The largest absolute Gasteiger partial charge is 0.472 e. The number of phosphoric acid groups is 1. The minimum atomic E-state index is -5.15. The highest BCUT2D eigenvalue weighted by Gasteiger charge is 2.51. The Kier molecular flexibility index (Phi) is 35.7. The molecule has 0 aromatic rings. The number of hydrogen-bond acceptors (Lipinski definition) is 12. The fourth-order valence-corrected chi connectivity index (χ4v) is 7.74. The topological polar surface area (TPSA) is 210 Å². The van der Waals surface area contributed by atoms with Gasteiger partial charge in [-0.25, -0.2) is 4.57 Å². The number of aliphatic hydroxyl groups excluding tert-OH is 5. The van der Waals surface area contributed by atoms with Gasteiger partial charge in [0.05, 0.1) is 13.0 Å². The van der Waals surface area contributed by atoms with Crippen LogP contribution < -0.4 is 0 Å². The molecule has 0 aromatic carbocycles. The second kappa shape index (κ2) is 38.5. The van der Waals surface area contributed by atoms with Gasteiger partial charge in [-0.3, -0.25) is 18.6 Å². The third kappa shape index (κ3) is 31.0. The van der Waals surface area contributed by atoms with E-state index in [9.17, 15) is 44.6 Å². The molecule has 6 unspecified atom stereocenters. The number of rotatable bonds is 38. The quantitative estimate of drug-likeness (QED) is 0.0148. The average molecular weight is 911 g/mol. The number of carbonyl (C=O) groups excluding carboxylic acids is 2. The Labute approximate surface area is 378 Å². The lowest BCUT2D eigenvalue weighted by Crippen LogP contribution is -2.64. The number of unbranched alkanes of at least 4 members (excludes halogenated alkanes) is 15. The molecule has 0 radical (unpaired) electrons. The first kappa shape index (κ1) is 58.3. The zero-order valence-electron chi connectivity index (χ0n) is 38.3. The van der Waals surface area contributed by atoms with Gasteiger partial charge in [-0.1, -0.05) is 164 Å². The zero-order chi connectivity index (χ0) is 46.4. The van der Waals surface area contributed by atoms with Crippen LogP contribution in [0.1, 0.15) is 168 Å². The second-order valence-corrected chi connectivity index (χ2v) is 17.6. The lowest BCUT2D eigenvalue weighted by molar-refractivity contribution is -0.220. The van der Waals surface area contributed by atoms with E-state index in [0.717, 1.165) is 57.8 Å². The Balaban J connectivity index is 2.48. The molecule has 13 nitrogen and oxygen atoms in total. The third-order valence-corrected chi connectivity index (χ3v) is 11.5. The molecule has 1 rings (SSSR count). The van der Waals surface area contributed by atoms with Gasteiger partial charge in [0, 0.05) is 6.42 Å². The smallest absolute Gasteiger partial charge is 0.462 e. The van der Waals surface area contributed by atoms with E-state index in [-0.39, 0.29) is 12.8 Å². The number of carbonyl (C=O) groups is 2. The molecule has 0 saturated heterocycles. The normalized spacial score (nSPS) is 22.3. The predicted octanol–water partition coefficient (Wildman–Crippen LogP) is 9.50.